The molecule has 0 spiro atoms. The molecule has 2 N–H and O–H groups in total. The normalized spacial score (nSPS) is 16.6. The van der Waals surface area contributed by atoms with Crippen LogP contribution in [0.3, 0.4) is 0 Å². The fraction of sp³-hybridized carbons (Fsp3) is 0.444. The van der Waals surface area contributed by atoms with Gasteiger partial charge in [0.1, 0.15) is 28.1 Å². The van der Waals surface area contributed by atoms with Gasteiger partial charge in [0.25, 0.3) is 5.91 Å². The first-order chi connectivity index (χ1) is 17.8. The van der Waals surface area contributed by atoms with Gasteiger partial charge in [-0.3, -0.25) is 14.5 Å². The first kappa shape index (κ1) is 23.7. The Morgan fingerprint density at radius 3 is 2.54 bits per heavy atom. The van der Waals surface area contributed by atoms with Gasteiger partial charge in [0, 0.05) is 56.2 Å². The summed E-state index contributed by atoms with van der Waals surface area (Å²) in [5.41, 5.74) is 3.87. The number of benzene rings is 1. The Balaban J connectivity index is 1.33. The largest absolute Gasteiger partial charge is 0.492 e. The fourth-order valence-corrected chi connectivity index (χ4v) is 5.58. The number of hydrogen-bond acceptors (Lipinski definition) is 6. The molecule has 1 amide bonds. The van der Waals surface area contributed by atoms with Gasteiger partial charge in [0.05, 0.1) is 24.2 Å². The topological polar surface area (TPSA) is 88.7 Å². The number of halogens is 1. The Kier molecular flexibility index (Phi) is 5.78. The number of anilines is 2. The summed E-state index contributed by atoms with van der Waals surface area (Å²) in [6.07, 6.45) is 10.0. The van der Waals surface area contributed by atoms with Crippen molar-refractivity contribution in [2.75, 3.05) is 30.4 Å². The summed E-state index contributed by atoms with van der Waals surface area (Å²) in [7, 11) is 3.33. The van der Waals surface area contributed by atoms with E-state index in [1.165, 1.54) is 18.9 Å². The summed E-state index contributed by atoms with van der Waals surface area (Å²) in [5, 5.41) is 11.8. The lowest BCUT2D eigenvalue weighted by Gasteiger charge is -2.34. The second-order valence-corrected chi connectivity index (χ2v) is 10.3. The molecule has 9 nitrogen and oxygen atoms in total. The number of rotatable bonds is 6. The minimum absolute atomic E-state index is 0.0760. The number of methoxy groups -OCH3 is 1. The zero-order chi connectivity index (χ0) is 25.8. The van der Waals surface area contributed by atoms with Crippen molar-refractivity contribution in [3.8, 4) is 5.75 Å². The van der Waals surface area contributed by atoms with Gasteiger partial charge in [-0.05, 0) is 45.6 Å². The first-order valence-electron chi connectivity index (χ1n) is 12.8. The first-order valence-corrected chi connectivity index (χ1v) is 12.8. The number of aryl methyl sites for hydroxylation is 3. The Hall–Kier alpha value is -3.66. The van der Waals surface area contributed by atoms with Crippen LogP contribution in [0.1, 0.15) is 47.4 Å². The molecular formula is C27H32FN7O2. The number of piperidine rings is 1. The van der Waals surface area contributed by atoms with Gasteiger partial charge in [0.2, 0.25) is 0 Å². The van der Waals surface area contributed by atoms with Crippen LogP contribution in [0.2, 0.25) is 0 Å². The van der Waals surface area contributed by atoms with Crippen molar-refractivity contribution in [2.24, 2.45) is 7.05 Å². The number of fused-ring (bicyclic) bond motifs is 2. The maximum Gasteiger partial charge on any atom is 0.261 e. The predicted octanol–water partition coefficient (Wildman–Crippen LogP) is 3.96. The van der Waals surface area contributed by atoms with Gasteiger partial charge < -0.3 is 24.7 Å². The summed E-state index contributed by atoms with van der Waals surface area (Å²) in [6, 6.07) is 2.68. The summed E-state index contributed by atoms with van der Waals surface area (Å²) in [4.78, 5) is 20.2. The van der Waals surface area contributed by atoms with Crippen molar-refractivity contribution in [3.05, 3.63) is 47.4 Å². The Bertz CT molecular complexity index is 1510. The Morgan fingerprint density at radius 1 is 1.11 bits per heavy atom. The second-order valence-electron chi connectivity index (χ2n) is 10.3. The van der Waals surface area contributed by atoms with Crippen molar-refractivity contribution < 1.29 is 13.9 Å². The van der Waals surface area contributed by atoms with Crippen molar-refractivity contribution in [1.82, 2.24) is 24.5 Å². The van der Waals surface area contributed by atoms with E-state index in [-0.39, 0.29) is 5.56 Å². The van der Waals surface area contributed by atoms with Gasteiger partial charge in [-0.15, -0.1) is 0 Å². The second kappa shape index (κ2) is 9.02. The molecule has 0 radical (unpaired) electrons. The number of aromatic nitrogens is 4. The van der Waals surface area contributed by atoms with E-state index in [0.717, 1.165) is 53.9 Å². The SMILES string of the molecule is COc1c(NC(=O)c2c(F)cc(N3CCC(NC4CC4)CC3)c3cn(C)nc23)cn2cc(C)nc(C)c12. The number of carbonyl (C=O) groups is 1. The zero-order valence-corrected chi connectivity index (χ0v) is 21.6. The maximum atomic E-state index is 15.7. The van der Waals surface area contributed by atoms with Crippen LogP contribution in [-0.4, -0.2) is 57.4 Å². The molecule has 4 aromatic rings. The summed E-state index contributed by atoms with van der Waals surface area (Å²) in [5.74, 6) is -0.680. The third kappa shape index (κ3) is 4.29. The smallest absolute Gasteiger partial charge is 0.261 e. The zero-order valence-electron chi connectivity index (χ0n) is 21.6. The standard InChI is InChI=1S/C27H32FN7O2/c1-15-12-35-14-21(26(37-4)25(35)16(2)29-15)31-27(36)23-20(28)11-22(19-13-33(3)32-24(19)23)34-9-7-18(8-10-34)30-17-5-6-17/h11-14,17-18,30H,5-10H2,1-4H3,(H,31,36). The highest BCUT2D eigenvalue weighted by Crippen LogP contribution is 2.36. The maximum absolute atomic E-state index is 15.7. The van der Waals surface area contributed by atoms with E-state index in [1.54, 1.807) is 25.0 Å². The van der Waals surface area contributed by atoms with E-state index in [9.17, 15) is 4.79 Å². The van der Waals surface area contributed by atoms with Gasteiger partial charge in [0.15, 0.2) is 5.75 Å². The summed E-state index contributed by atoms with van der Waals surface area (Å²) < 4.78 is 24.8. The minimum atomic E-state index is -0.589. The lowest BCUT2D eigenvalue weighted by Crippen LogP contribution is -2.43. The highest BCUT2D eigenvalue weighted by molar-refractivity contribution is 6.14. The van der Waals surface area contributed by atoms with Crippen LogP contribution in [-0.2, 0) is 7.05 Å². The van der Waals surface area contributed by atoms with Crippen LogP contribution in [0, 0.1) is 19.7 Å². The summed E-state index contributed by atoms with van der Waals surface area (Å²) in [6.45, 7) is 5.45. The van der Waals surface area contributed by atoms with E-state index in [2.05, 4.69) is 25.6 Å². The molecule has 1 saturated carbocycles. The predicted molar refractivity (Wildman–Crippen MR) is 141 cm³/mol. The number of amides is 1. The molecule has 1 aromatic carbocycles. The van der Waals surface area contributed by atoms with E-state index >= 15 is 4.39 Å². The molecule has 3 aromatic heterocycles. The molecule has 0 unspecified atom stereocenters. The van der Waals surface area contributed by atoms with Gasteiger partial charge >= 0.3 is 0 Å². The summed E-state index contributed by atoms with van der Waals surface area (Å²) >= 11 is 0. The Morgan fingerprint density at radius 2 is 1.84 bits per heavy atom. The molecule has 194 valence electrons. The third-order valence-corrected chi connectivity index (χ3v) is 7.41. The van der Waals surface area contributed by atoms with Crippen molar-refractivity contribution in [1.29, 1.82) is 0 Å². The van der Waals surface area contributed by atoms with E-state index < -0.39 is 11.7 Å². The molecule has 4 heterocycles. The molecule has 2 aliphatic rings. The van der Waals surface area contributed by atoms with Gasteiger partial charge in [-0.2, -0.15) is 5.10 Å². The lowest BCUT2D eigenvalue weighted by molar-refractivity contribution is 0.102. The van der Waals surface area contributed by atoms with Gasteiger partial charge in [-0.1, -0.05) is 0 Å². The molecule has 6 rings (SSSR count). The molecular weight excluding hydrogens is 473 g/mol. The molecule has 10 heteroatoms. The molecule has 1 aliphatic carbocycles. The number of ether oxygens (including phenoxy) is 1. The number of nitrogens with one attached hydrogen (secondary N) is 2. The van der Waals surface area contributed by atoms with Crippen molar-refractivity contribution in [2.45, 2.75) is 51.6 Å². The Labute approximate surface area is 214 Å². The number of carbonyl (C=O) groups excluding carboxylic acids is 1. The van der Waals surface area contributed by atoms with Gasteiger partial charge in [-0.25, -0.2) is 4.39 Å². The van der Waals surface area contributed by atoms with E-state index in [4.69, 9.17) is 4.74 Å². The molecule has 0 bridgehead atoms. The highest BCUT2D eigenvalue weighted by atomic mass is 19.1. The lowest BCUT2D eigenvalue weighted by atomic mass is 10.0. The number of nitrogens with zero attached hydrogens (tertiary/aromatic N) is 5. The average molecular weight is 506 g/mol. The van der Waals surface area contributed by atoms with Crippen molar-refractivity contribution >= 4 is 33.7 Å². The van der Waals surface area contributed by atoms with Crippen LogP contribution >= 0.6 is 0 Å². The third-order valence-electron chi connectivity index (χ3n) is 7.41. The molecule has 1 aliphatic heterocycles. The molecule has 37 heavy (non-hydrogen) atoms. The van der Waals surface area contributed by atoms with Crippen LogP contribution in [0.25, 0.3) is 16.4 Å². The molecule has 0 atom stereocenters. The molecule has 2 fully saturated rings. The van der Waals surface area contributed by atoms with E-state index in [0.29, 0.717) is 29.0 Å². The van der Waals surface area contributed by atoms with Crippen molar-refractivity contribution in [3.63, 3.8) is 0 Å². The number of hydrogen-bond donors (Lipinski definition) is 2. The van der Waals surface area contributed by atoms with Crippen LogP contribution < -0.4 is 20.3 Å². The van der Waals surface area contributed by atoms with E-state index in [1.807, 2.05) is 30.6 Å². The highest BCUT2D eigenvalue weighted by Gasteiger charge is 2.30. The minimum Gasteiger partial charge on any atom is -0.492 e. The quantitative estimate of drug-likeness (QED) is 0.413. The average Bonchev–Trinajstić information content (AvgIpc) is 3.47. The van der Waals surface area contributed by atoms with Crippen LogP contribution in [0.15, 0.2) is 24.7 Å². The van der Waals surface area contributed by atoms with Crippen LogP contribution in [0.4, 0.5) is 15.8 Å². The van der Waals surface area contributed by atoms with Crippen LogP contribution in [0.5, 0.6) is 5.75 Å². The molecule has 1 saturated heterocycles. The monoisotopic (exact) mass is 505 g/mol. The fourth-order valence-electron chi connectivity index (χ4n) is 5.58.